The van der Waals surface area contributed by atoms with Gasteiger partial charge in [-0.15, -0.1) is 0 Å². The predicted octanol–water partition coefficient (Wildman–Crippen LogP) is 7.69. The summed E-state index contributed by atoms with van der Waals surface area (Å²) in [4.78, 5) is 73.8. The van der Waals surface area contributed by atoms with Gasteiger partial charge in [0.05, 0.1) is 28.8 Å². The number of anilines is 1. The fourth-order valence-electron chi connectivity index (χ4n) is 10.0. The number of aryl methyl sites for hydroxylation is 1. The SMILES string of the molecule is CN(C)C(=O)c1cc2c(-c3ccc(C4CCN([C@@H]5CCN(C(=O)c6ccc(Cl)c(N7CCC(=O)NC7=O)c6)CC5(F)F)CC4)c(F)c3F)cc(C3=CCCN(C(=O)CCn4cccn4)C3)c(F)c2[nH]1. The zero-order valence-corrected chi connectivity index (χ0v) is 38.6. The van der Waals surface area contributed by atoms with Gasteiger partial charge in [0.2, 0.25) is 11.8 Å². The quantitative estimate of drug-likeness (QED) is 0.137. The van der Waals surface area contributed by atoms with E-state index in [0.29, 0.717) is 25.1 Å². The van der Waals surface area contributed by atoms with Gasteiger partial charge >= 0.3 is 6.03 Å². The van der Waals surface area contributed by atoms with Crippen molar-refractivity contribution in [3.05, 3.63) is 112 Å². The smallest absolute Gasteiger partial charge is 0.328 e. The highest BCUT2D eigenvalue weighted by Crippen LogP contribution is 2.42. The van der Waals surface area contributed by atoms with Crippen LogP contribution in [0.4, 0.5) is 32.4 Å². The third kappa shape index (κ3) is 9.33. The Labute approximate surface area is 398 Å². The van der Waals surface area contributed by atoms with Gasteiger partial charge in [-0.25, -0.2) is 26.7 Å². The highest BCUT2D eigenvalue weighted by Gasteiger charge is 2.49. The summed E-state index contributed by atoms with van der Waals surface area (Å²) in [5.41, 5.74) is 0.752. The van der Waals surface area contributed by atoms with Crippen LogP contribution in [0.15, 0.2) is 67.0 Å². The number of nitrogens with zero attached hydrogens (tertiary/aromatic N) is 7. The van der Waals surface area contributed by atoms with Crippen molar-refractivity contribution in [2.24, 2.45) is 0 Å². The van der Waals surface area contributed by atoms with Crippen LogP contribution in [0, 0.1) is 17.5 Å². The van der Waals surface area contributed by atoms with Crippen LogP contribution in [0.5, 0.6) is 0 Å². The molecule has 3 fully saturated rings. The topological polar surface area (TPSA) is 147 Å². The molecule has 9 rings (SSSR count). The number of carbonyl (C=O) groups excluding carboxylic acids is 5. The third-order valence-electron chi connectivity index (χ3n) is 13.7. The number of likely N-dealkylation sites (tertiary alicyclic amines) is 2. The summed E-state index contributed by atoms with van der Waals surface area (Å²) < 4.78 is 83.4. The van der Waals surface area contributed by atoms with Crippen molar-refractivity contribution in [3.63, 3.8) is 0 Å². The Morgan fingerprint density at radius 1 is 0.884 bits per heavy atom. The number of benzene rings is 3. The number of imide groups is 1. The Morgan fingerprint density at radius 3 is 2.38 bits per heavy atom. The van der Waals surface area contributed by atoms with Gasteiger partial charge in [0.25, 0.3) is 17.7 Å². The minimum atomic E-state index is -3.32. The molecule has 0 radical (unpaired) electrons. The average Bonchev–Trinajstić information content (AvgIpc) is 4.03. The first kappa shape index (κ1) is 47.5. The molecule has 3 saturated heterocycles. The molecule has 6 heterocycles. The van der Waals surface area contributed by atoms with Crippen LogP contribution >= 0.6 is 11.6 Å². The monoisotopic (exact) mass is 973 g/mol. The lowest BCUT2D eigenvalue weighted by atomic mass is 9.85. The Kier molecular flexibility index (Phi) is 13.1. The van der Waals surface area contributed by atoms with Crippen molar-refractivity contribution >= 4 is 63.4 Å². The van der Waals surface area contributed by atoms with Crippen molar-refractivity contribution in [1.29, 1.82) is 0 Å². The van der Waals surface area contributed by atoms with Gasteiger partial charge in [-0.2, -0.15) is 5.10 Å². The highest BCUT2D eigenvalue weighted by molar-refractivity contribution is 6.34. The van der Waals surface area contributed by atoms with Gasteiger partial charge in [-0.1, -0.05) is 29.8 Å². The standard InChI is InChI=1S/C49H49ClF5N9O5/c1-59(2)47(68)37-25-35-34(24-33(44(53)45(35)57-37)30-5-3-16-61(26-30)41(66)14-21-63-17-4-15-56-63)32-8-7-31(42(51)43(32)52)28-10-18-60(19-11-28)39-12-20-62(27-49(39,54)55)46(67)29-6-9-36(50)38(23-29)64-22-13-40(65)58-48(64)69/h4-9,15,17,23-25,28,39,57H,3,10-14,16,18-22,26-27H2,1-2H3,(H,58,65,69)/t39-/m1/s1. The number of rotatable bonds is 10. The lowest BCUT2D eigenvalue weighted by molar-refractivity contribution is -0.131. The maximum atomic E-state index is 16.6. The third-order valence-corrected chi connectivity index (χ3v) is 14.0. The number of hydrogen-bond donors (Lipinski definition) is 2. The average molecular weight is 974 g/mol. The van der Waals surface area contributed by atoms with E-state index >= 15 is 22.0 Å². The Morgan fingerprint density at radius 2 is 1.67 bits per heavy atom. The molecule has 0 saturated carbocycles. The van der Waals surface area contributed by atoms with E-state index in [2.05, 4.69) is 15.4 Å². The fourth-order valence-corrected chi connectivity index (χ4v) is 10.2. The molecular formula is C49H49ClF5N9O5. The molecule has 2 N–H and O–H groups in total. The summed E-state index contributed by atoms with van der Waals surface area (Å²) in [6.07, 6.45) is 6.25. The van der Waals surface area contributed by atoms with Crippen LogP contribution in [0.1, 0.15) is 76.4 Å². The molecular weight excluding hydrogens is 925 g/mol. The molecule has 1 atom stereocenters. The van der Waals surface area contributed by atoms with E-state index in [0.717, 1.165) is 4.90 Å². The van der Waals surface area contributed by atoms with Crippen LogP contribution in [0.3, 0.4) is 0 Å². The number of aromatic amines is 1. The zero-order chi connectivity index (χ0) is 48.9. The highest BCUT2D eigenvalue weighted by atomic mass is 35.5. The zero-order valence-electron chi connectivity index (χ0n) is 37.8. The van der Waals surface area contributed by atoms with Gasteiger partial charge in [-0.3, -0.25) is 39.0 Å². The lowest BCUT2D eigenvalue weighted by Crippen LogP contribution is -2.60. The number of piperidine rings is 2. The molecule has 0 unspecified atom stereocenters. The summed E-state index contributed by atoms with van der Waals surface area (Å²) in [7, 11) is 3.06. The maximum absolute atomic E-state index is 16.6. The number of halogens is 6. The Balaban J connectivity index is 0.907. The van der Waals surface area contributed by atoms with E-state index in [9.17, 15) is 24.0 Å². The number of aromatic nitrogens is 3. The normalized spacial score (nSPS) is 19.2. The maximum Gasteiger partial charge on any atom is 0.328 e. The summed E-state index contributed by atoms with van der Waals surface area (Å²) in [5, 5.41) is 6.64. The van der Waals surface area contributed by atoms with Gasteiger partial charge in [-0.05, 0) is 97.8 Å². The van der Waals surface area contributed by atoms with Gasteiger partial charge in [0, 0.05) is 94.1 Å². The first-order valence-electron chi connectivity index (χ1n) is 22.8. The van der Waals surface area contributed by atoms with Crippen LogP contribution in [0.2, 0.25) is 5.02 Å². The number of nitrogens with one attached hydrogen (secondary N) is 2. The number of carbonyl (C=O) groups is 5. The second-order valence-corrected chi connectivity index (χ2v) is 18.6. The van der Waals surface area contributed by atoms with Crippen LogP contribution in [-0.2, 0) is 16.1 Å². The molecule has 20 heteroatoms. The number of urea groups is 1. The first-order valence-corrected chi connectivity index (χ1v) is 23.2. The van der Waals surface area contributed by atoms with Crippen molar-refractivity contribution in [2.75, 3.05) is 64.8 Å². The van der Waals surface area contributed by atoms with Gasteiger partial charge in [0.15, 0.2) is 17.5 Å². The predicted molar refractivity (Wildman–Crippen MR) is 247 cm³/mol. The van der Waals surface area contributed by atoms with E-state index in [1.54, 1.807) is 32.9 Å². The van der Waals surface area contributed by atoms with E-state index < -0.39 is 65.6 Å². The molecule has 0 aliphatic carbocycles. The van der Waals surface area contributed by atoms with Crippen molar-refractivity contribution in [1.82, 2.24) is 39.7 Å². The van der Waals surface area contributed by atoms with E-state index in [1.807, 2.05) is 6.08 Å². The molecule has 2 aromatic heterocycles. The first-order chi connectivity index (χ1) is 33.0. The molecule has 69 heavy (non-hydrogen) atoms. The molecule has 5 aromatic rings. The summed E-state index contributed by atoms with van der Waals surface area (Å²) >= 11 is 6.34. The van der Waals surface area contributed by atoms with Crippen LogP contribution < -0.4 is 10.2 Å². The molecule has 3 aromatic carbocycles. The second kappa shape index (κ2) is 19.1. The molecule has 6 amide bonds. The van der Waals surface area contributed by atoms with Crippen molar-refractivity contribution in [2.45, 2.75) is 63.0 Å². The molecule has 14 nitrogen and oxygen atoms in total. The number of alkyl halides is 2. The lowest BCUT2D eigenvalue weighted by Gasteiger charge is -2.45. The number of H-pyrrole nitrogens is 1. The Hall–Kier alpha value is -6.60. The van der Waals surface area contributed by atoms with Crippen LogP contribution in [0.25, 0.3) is 27.6 Å². The molecule has 0 spiro atoms. The summed E-state index contributed by atoms with van der Waals surface area (Å²) in [6, 6.07) is 9.72. The minimum Gasteiger partial charge on any atom is -0.348 e. The number of amides is 6. The number of fused-ring (bicyclic) bond motifs is 1. The molecule has 0 bridgehead atoms. The van der Waals surface area contributed by atoms with Gasteiger partial charge < -0.3 is 19.7 Å². The molecule has 362 valence electrons. The summed E-state index contributed by atoms with van der Waals surface area (Å²) in [6.45, 7) is 0.348. The second-order valence-electron chi connectivity index (χ2n) is 18.2. The van der Waals surface area contributed by atoms with Gasteiger partial charge in [0.1, 0.15) is 5.69 Å². The molecule has 4 aliphatic heterocycles. The van der Waals surface area contributed by atoms with E-state index in [1.165, 1.54) is 66.4 Å². The van der Waals surface area contributed by atoms with Crippen molar-refractivity contribution < 1.29 is 45.9 Å². The number of hydrogen-bond acceptors (Lipinski definition) is 7. The molecule has 4 aliphatic rings. The van der Waals surface area contributed by atoms with Crippen molar-refractivity contribution in [3.8, 4) is 11.1 Å². The van der Waals surface area contributed by atoms with Crippen LogP contribution in [-0.4, -0.2) is 136 Å². The Bertz CT molecular complexity index is 2900. The van der Waals surface area contributed by atoms with E-state index in [4.69, 9.17) is 11.6 Å². The largest absolute Gasteiger partial charge is 0.348 e. The summed E-state index contributed by atoms with van der Waals surface area (Å²) in [5.74, 6) is -8.59. The van der Waals surface area contributed by atoms with E-state index in [-0.39, 0.29) is 126 Å². The minimum absolute atomic E-state index is 0.0156. The fraction of sp³-hybridized carbons (Fsp3) is 0.388.